The molecular formula is C25H24BrClN2O6S. The maximum Gasteiger partial charge on any atom is 0.294 e. The van der Waals surface area contributed by atoms with Crippen molar-refractivity contribution in [3.05, 3.63) is 61.9 Å². The molecule has 8 nitrogen and oxygen atoms in total. The lowest BCUT2D eigenvalue weighted by Gasteiger charge is -2.28. The molecule has 0 unspecified atom stereocenters. The molecule has 0 bridgehead atoms. The van der Waals surface area contributed by atoms with E-state index in [1.165, 1.54) is 0 Å². The summed E-state index contributed by atoms with van der Waals surface area (Å²) in [5.74, 6) is 0.256. The molecule has 2 heterocycles. The lowest BCUT2D eigenvalue weighted by atomic mass is 10.1. The van der Waals surface area contributed by atoms with E-state index in [2.05, 4.69) is 15.9 Å². The predicted molar refractivity (Wildman–Crippen MR) is 141 cm³/mol. The van der Waals surface area contributed by atoms with Crippen LogP contribution in [0.15, 0.2) is 45.8 Å². The number of ether oxygens (including phenoxy) is 3. The molecule has 0 radical (unpaired) electrons. The van der Waals surface area contributed by atoms with Gasteiger partial charge in [0, 0.05) is 22.6 Å². The van der Waals surface area contributed by atoms with Gasteiger partial charge in [-0.25, -0.2) is 0 Å². The molecule has 0 N–H and O–H groups in total. The second-order valence-electron chi connectivity index (χ2n) is 7.93. The fourth-order valence-electron chi connectivity index (χ4n) is 3.61. The van der Waals surface area contributed by atoms with Gasteiger partial charge in [0.05, 0.1) is 24.7 Å². The Bertz CT molecular complexity index is 1180. The van der Waals surface area contributed by atoms with Crippen LogP contribution in [0.3, 0.4) is 0 Å². The number of benzene rings is 2. The average molecular weight is 596 g/mol. The van der Waals surface area contributed by atoms with E-state index in [9.17, 15) is 14.4 Å². The Labute approximate surface area is 226 Å². The lowest BCUT2D eigenvalue weighted by molar-refractivity contribution is -0.139. The predicted octanol–water partition coefficient (Wildman–Crippen LogP) is 4.98. The molecule has 2 aliphatic rings. The average Bonchev–Trinajstić information content (AvgIpc) is 3.13. The molecule has 2 aliphatic heterocycles. The number of hydrogen-bond acceptors (Lipinski definition) is 7. The van der Waals surface area contributed by atoms with Gasteiger partial charge in [0.25, 0.3) is 11.1 Å². The normalized spacial score (nSPS) is 17.1. The number of carbonyl (C=O) groups is 3. The van der Waals surface area contributed by atoms with E-state index in [0.29, 0.717) is 66.1 Å². The minimum absolute atomic E-state index is 0.229. The van der Waals surface area contributed by atoms with Gasteiger partial charge in [0.2, 0.25) is 5.91 Å². The minimum atomic E-state index is -0.500. The van der Waals surface area contributed by atoms with Gasteiger partial charge in [0.1, 0.15) is 13.2 Å². The molecule has 0 spiro atoms. The molecule has 11 heteroatoms. The highest BCUT2D eigenvalue weighted by Gasteiger charge is 2.37. The molecule has 2 fully saturated rings. The van der Waals surface area contributed by atoms with Crippen LogP contribution in [0.2, 0.25) is 5.02 Å². The van der Waals surface area contributed by atoms with Crippen LogP contribution in [0.4, 0.5) is 4.79 Å². The Hall–Kier alpha value is -2.53. The molecule has 36 heavy (non-hydrogen) atoms. The van der Waals surface area contributed by atoms with E-state index in [1.807, 2.05) is 19.1 Å². The van der Waals surface area contributed by atoms with Crippen LogP contribution in [-0.4, -0.2) is 66.3 Å². The first-order valence-electron chi connectivity index (χ1n) is 11.3. The van der Waals surface area contributed by atoms with Crippen molar-refractivity contribution in [1.82, 2.24) is 9.80 Å². The zero-order chi connectivity index (χ0) is 25.7. The van der Waals surface area contributed by atoms with E-state index in [-0.39, 0.29) is 17.4 Å². The molecule has 0 aliphatic carbocycles. The van der Waals surface area contributed by atoms with Crippen molar-refractivity contribution >= 4 is 62.4 Å². The van der Waals surface area contributed by atoms with Crippen LogP contribution < -0.4 is 9.47 Å². The Morgan fingerprint density at radius 3 is 2.53 bits per heavy atom. The first-order valence-corrected chi connectivity index (χ1v) is 13.3. The van der Waals surface area contributed by atoms with Crippen LogP contribution in [0.25, 0.3) is 6.08 Å². The molecule has 0 saturated carbocycles. The number of rotatable bonds is 8. The number of carbonyl (C=O) groups excluding carboxylic acids is 3. The second kappa shape index (κ2) is 12.1. The second-order valence-corrected chi connectivity index (χ2v) is 10.2. The van der Waals surface area contributed by atoms with Crippen molar-refractivity contribution in [1.29, 1.82) is 0 Å². The van der Waals surface area contributed by atoms with Gasteiger partial charge in [-0.1, -0.05) is 39.7 Å². The summed E-state index contributed by atoms with van der Waals surface area (Å²) in [7, 11) is 0. The van der Waals surface area contributed by atoms with E-state index in [0.717, 1.165) is 22.2 Å². The molecule has 4 rings (SSSR count). The maximum atomic E-state index is 13.0. The van der Waals surface area contributed by atoms with Crippen LogP contribution in [0.1, 0.15) is 18.1 Å². The number of morpholine rings is 1. The highest BCUT2D eigenvalue weighted by atomic mass is 79.9. The monoisotopic (exact) mass is 594 g/mol. The van der Waals surface area contributed by atoms with Crippen molar-refractivity contribution in [2.75, 3.05) is 39.5 Å². The Morgan fingerprint density at radius 2 is 1.83 bits per heavy atom. The van der Waals surface area contributed by atoms with Crippen molar-refractivity contribution in [3.8, 4) is 11.5 Å². The smallest absolute Gasteiger partial charge is 0.294 e. The molecule has 3 amide bonds. The molecule has 2 aromatic carbocycles. The highest BCUT2D eigenvalue weighted by molar-refractivity contribution is 9.10. The third kappa shape index (κ3) is 6.42. The number of imide groups is 1. The maximum absolute atomic E-state index is 13.0. The van der Waals surface area contributed by atoms with Crippen molar-refractivity contribution in [2.24, 2.45) is 0 Å². The molecule has 0 atom stereocenters. The summed E-state index contributed by atoms with van der Waals surface area (Å²) in [5, 5.41) is 0.174. The van der Waals surface area contributed by atoms with Gasteiger partial charge < -0.3 is 19.1 Å². The van der Waals surface area contributed by atoms with Crippen molar-refractivity contribution in [3.63, 3.8) is 0 Å². The summed E-state index contributed by atoms with van der Waals surface area (Å²) in [6.07, 6.45) is 1.61. The van der Waals surface area contributed by atoms with Gasteiger partial charge in [-0.05, 0) is 60.2 Å². The molecule has 190 valence electrons. The Kier molecular flexibility index (Phi) is 8.95. The molecular weight excluding hydrogens is 572 g/mol. The van der Waals surface area contributed by atoms with Crippen molar-refractivity contribution in [2.45, 2.75) is 13.5 Å². The Balaban J connectivity index is 1.50. The quantitative estimate of drug-likeness (QED) is 0.398. The summed E-state index contributed by atoms with van der Waals surface area (Å²) < 4.78 is 17.7. The first kappa shape index (κ1) is 26.5. The number of thioether (sulfide) groups is 1. The summed E-state index contributed by atoms with van der Waals surface area (Å²) in [5.41, 5.74) is 1.59. The van der Waals surface area contributed by atoms with E-state index in [4.69, 9.17) is 25.8 Å². The third-order valence-electron chi connectivity index (χ3n) is 5.49. The van der Waals surface area contributed by atoms with Crippen LogP contribution in [0, 0.1) is 0 Å². The standard InChI is InChI=1S/C25H24BrClN2O6S/c1-2-34-20-11-17(19(26)13-21(20)35-15-16-3-5-18(27)6-4-16)12-22-24(31)29(25(32)36-22)14-23(30)28-7-9-33-10-8-28/h3-6,11-13H,2,7-10,14-15H2,1H3/b22-12+. The summed E-state index contributed by atoms with van der Waals surface area (Å²) in [4.78, 5) is 40.8. The van der Waals surface area contributed by atoms with Crippen molar-refractivity contribution < 1.29 is 28.6 Å². The molecule has 0 aromatic heterocycles. The first-order chi connectivity index (χ1) is 17.4. The van der Waals surface area contributed by atoms with Gasteiger partial charge in [0.15, 0.2) is 11.5 Å². The number of nitrogens with zero attached hydrogens (tertiary/aromatic N) is 2. The van der Waals surface area contributed by atoms with Gasteiger partial charge >= 0.3 is 0 Å². The fraction of sp³-hybridized carbons (Fsp3) is 0.320. The fourth-order valence-corrected chi connectivity index (χ4v) is 5.00. The van der Waals surface area contributed by atoms with Gasteiger partial charge in [-0.2, -0.15) is 0 Å². The summed E-state index contributed by atoms with van der Waals surface area (Å²) in [6.45, 7) is 4.10. The van der Waals surface area contributed by atoms with Crippen LogP contribution in [-0.2, 0) is 20.9 Å². The topological polar surface area (TPSA) is 85.4 Å². The van der Waals surface area contributed by atoms with E-state index < -0.39 is 11.1 Å². The number of hydrogen-bond donors (Lipinski definition) is 0. The zero-order valence-electron chi connectivity index (χ0n) is 19.5. The Morgan fingerprint density at radius 1 is 1.14 bits per heavy atom. The lowest BCUT2D eigenvalue weighted by Crippen LogP contribution is -2.46. The van der Waals surface area contributed by atoms with Gasteiger partial charge in [-0.3, -0.25) is 19.3 Å². The number of amides is 3. The highest BCUT2D eigenvalue weighted by Crippen LogP contribution is 2.38. The van der Waals surface area contributed by atoms with E-state index >= 15 is 0 Å². The van der Waals surface area contributed by atoms with E-state index in [1.54, 1.807) is 35.2 Å². The van der Waals surface area contributed by atoms with Crippen LogP contribution in [0.5, 0.6) is 11.5 Å². The zero-order valence-corrected chi connectivity index (χ0v) is 22.7. The molecule has 2 saturated heterocycles. The molecule has 2 aromatic rings. The number of halogens is 2. The SMILES string of the molecule is CCOc1cc(/C=C2/SC(=O)N(CC(=O)N3CCOCC3)C2=O)c(Br)cc1OCc1ccc(Cl)cc1. The third-order valence-corrected chi connectivity index (χ3v) is 7.33. The summed E-state index contributed by atoms with van der Waals surface area (Å²) >= 11 is 10.3. The van der Waals surface area contributed by atoms with Crippen LogP contribution >= 0.6 is 39.3 Å². The minimum Gasteiger partial charge on any atom is -0.490 e. The largest absolute Gasteiger partial charge is 0.490 e. The summed E-state index contributed by atoms with van der Waals surface area (Å²) in [6, 6.07) is 10.9. The van der Waals surface area contributed by atoms with Gasteiger partial charge in [-0.15, -0.1) is 0 Å².